The smallest absolute Gasteiger partial charge is 0.0354 e. The molecule has 0 saturated heterocycles. The van der Waals surface area contributed by atoms with Gasteiger partial charge >= 0.3 is 0 Å². The average Bonchev–Trinajstić information content (AvgIpc) is 2.46. The van der Waals surface area contributed by atoms with Gasteiger partial charge in [0.15, 0.2) is 0 Å². The van der Waals surface area contributed by atoms with Crippen LogP contribution in [-0.2, 0) is 0 Å². The lowest BCUT2D eigenvalue weighted by molar-refractivity contribution is 0.205. The van der Waals surface area contributed by atoms with E-state index in [1.165, 1.54) is 96.3 Å². The second-order valence-electron chi connectivity index (χ2n) is 8.53. The number of hydrogen-bond donors (Lipinski definition) is 0. The normalized spacial score (nSPS) is 13.5. The van der Waals surface area contributed by atoms with Crippen molar-refractivity contribution in [2.45, 2.75) is 131 Å². The van der Waals surface area contributed by atoms with Crippen LogP contribution in [0.1, 0.15) is 131 Å². The van der Waals surface area contributed by atoms with Gasteiger partial charge < -0.3 is 0 Å². The zero-order valence-corrected chi connectivity index (χ0v) is 16.7. The Bertz CT molecular complexity index is 211. The third kappa shape index (κ3) is 13.6. The molecule has 1 atom stereocenters. The average molecular weight is 311 g/mol. The minimum atomic E-state index is 0.508. The molecule has 0 aromatic rings. The highest BCUT2D eigenvalue weighted by Crippen LogP contribution is 2.33. The monoisotopic (exact) mass is 310 g/mol. The Kier molecular flexibility index (Phi) is 14.6. The van der Waals surface area contributed by atoms with Gasteiger partial charge in [0.25, 0.3) is 0 Å². The van der Waals surface area contributed by atoms with Crippen LogP contribution in [0.15, 0.2) is 0 Å². The fraction of sp³-hybridized carbons (Fsp3) is 1.00. The Morgan fingerprint density at radius 1 is 0.500 bits per heavy atom. The van der Waals surface area contributed by atoms with Crippen molar-refractivity contribution in [2.24, 2.45) is 11.3 Å². The zero-order chi connectivity index (χ0) is 16.7. The molecule has 0 fully saturated rings. The number of hydrogen-bond acceptors (Lipinski definition) is 0. The second-order valence-corrected chi connectivity index (χ2v) is 8.53. The fourth-order valence-corrected chi connectivity index (χ4v) is 3.59. The molecule has 134 valence electrons. The molecule has 0 aliphatic heterocycles. The van der Waals surface area contributed by atoms with Crippen molar-refractivity contribution in [1.29, 1.82) is 0 Å². The Hall–Kier alpha value is 0. The van der Waals surface area contributed by atoms with Crippen molar-refractivity contribution in [3.8, 4) is 0 Å². The van der Waals surface area contributed by atoms with Gasteiger partial charge in [-0.25, -0.2) is 0 Å². The van der Waals surface area contributed by atoms with Gasteiger partial charge in [-0.1, -0.05) is 125 Å². The zero-order valence-electron chi connectivity index (χ0n) is 16.7. The Labute approximate surface area is 142 Å². The van der Waals surface area contributed by atoms with Gasteiger partial charge in [-0.05, 0) is 17.8 Å². The third-order valence-electron chi connectivity index (χ3n) is 5.27. The molecule has 0 aromatic heterocycles. The van der Waals surface area contributed by atoms with E-state index < -0.39 is 0 Å². The van der Waals surface area contributed by atoms with Crippen molar-refractivity contribution >= 4 is 0 Å². The van der Waals surface area contributed by atoms with Gasteiger partial charge in [-0.3, -0.25) is 0 Å². The minimum absolute atomic E-state index is 0.508. The van der Waals surface area contributed by atoms with E-state index in [0.717, 1.165) is 5.92 Å². The van der Waals surface area contributed by atoms with E-state index in [4.69, 9.17) is 0 Å². The summed E-state index contributed by atoms with van der Waals surface area (Å²) in [4.78, 5) is 0. The van der Waals surface area contributed by atoms with Crippen molar-refractivity contribution in [3.05, 3.63) is 0 Å². The molecule has 0 nitrogen and oxygen atoms in total. The molecule has 1 unspecified atom stereocenters. The summed E-state index contributed by atoms with van der Waals surface area (Å²) in [5.41, 5.74) is 0.508. The molecule has 0 radical (unpaired) electrons. The van der Waals surface area contributed by atoms with E-state index in [-0.39, 0.29) is 0 Å². The first kappa shape index (κ1) is 22.0. The predicted molar refractivity (Wildman–Crippen MR) is 104 cm³/mol. The molecule has 0 aromatic carbocycles. The minimum Gasteiger partial charge on any atom is -0.0654 e. The summed E-state index contributed by atoms with van der Waals surface area (Å²) in [6.45, 7) is 11.9. The van der Waals surface area contributed by atoms with Crippen LogP contribution in [0.2, 0.25) is 0 Å². The van der Waals surface area contributed by atoms with Gasteiger partial charge in [-0.2, -0.15) is 0 Å². The maximum absolute atomic E-state index is 2.42. The largest absolute Gasteiger partial charge is 0.0654 e. The van der Waals surface area contributed by atoms with Crippen LogP contribution in [0.3, 0.4) is 0 Å². The molecule has 0 aliphatic carbocycles. The van der Waals surface area contributed by atoms with Crippen molar-refractivity contribution in [2.75, 3.05) is 0 Å². The van der Waals surface area contributed by atoms with E-state index in [0.29, 0.717) is 5.41 Å². The lowest BCUT2D eigenvalue weighted by atomic mass is 9.75. The molecule has 0 bridgehead atoms. The Morgan fingerprint density at radius 2 is 0.909 bits per heavy atom. The van der Waals surface area contributed by atoms with Crippen LogP contribution in [0.5, 0.6) is 0 Å². The van der Waals surface area contributed by atoms with Crippen LogP contribution in [0.4, 0.5) is 0 Å². The van der Waals surface area contributed by atoms with Crippen molar-refractivity contribution in [1.82, 2.24) is 0 Å². The summed E-state index contributed by atoms with van der Waals surface area (Å²) in [6.07, 6.45) is 21.7. The molecular formula is C22H46. The van der Waals surface area contributed by atoms with Gasteiger partial charge in [-0.15, -0.1) is 0 Å². The van der Waals surface area contributed by atoms with Gasteiger partial charge in [0.05, 0.1) is 0 Å². The van der Waals surface area contributed by atoms with E-state index >= 15 is 0 Å². The summed E-state index contributed by atoms with van der Waals surface area (Å²) in [5, 5.41) is 0. The highest BCUT2D eigenvalue weighted by molar-refractivity contribution is 4.73. The summed E-state index contributed by atoms with van der Waals surface area (Å²) in [5.74, 6) is 0.931. The van der Waals surface area contributed by atoms with Crippen LogP contribution in [-0.4, -0.2) is 0 Å². The Morgan fingerprint density at radius 3 is 1.27 bits per heavy atom. The molecule has 0 rings (SSSR count). The summed E-state index contributed by atoms with van der Waals surface area (Å²) >= 11 is 0. The SMILES string of the molecule is CCCCCCCCCCCCCCC(CCC)C(C)(C)C. The molecule has 22 heavy (non-hydrogen) atoms. The maximum atomic E-state index is 2.42. The molecule has 0 spiro atoms. The van der Waals surface area contributed by atoms with Crippen LogP contribution >= 0.6 is 0 Å². The summed E-state index contributed by atoms with van der Waals surface area (Å²) < 4.78 is 0. The molecular weight excluding hydrogens is 264 g/mol. The lowest BCUT2D eigenvalue weighted by Crippen LogP contribution is -2.20. The highest BCUT2D eigenvalue weighted by atomic mass is 14.3. The van der Waals surface area contributed by atoms with E-state index in [1.807, 2.05) is 0 Å². The van der Waals surface area contributed by atoms with Crippen molar-refractivity contribution < 1.29 is 0 Å². The quantitative estimate of drug-likeness (QED) is 0.266. The van der Waals surface area contributed by atoms with Crippen LogP contribution in [0, 0.1) is 11.3 Å². The first-order valence-corrected chi connectivity index (χ1v) is 10.5. The van der Waals surface area contributed by atoms with Gasteiger partial charge in [0, 0.05) is 0 Å². The summed E-state index contributed by atoms with van der Waals surface area (Å²) in [6, 6.07) is 0. The van der Waals surface area contributed by atoms with Gasteiger partial charge in [0.1, 0.15) is 0 Å². The van der Waals surface area contributed by atoms with Gasteiger partial charge in [0.2, 0.25) is 0 Å². The molecule has 0 N–H and O–H groups in total. The first-order chi connectivity index (χ1) is 10.5. The summed E-state index contributed by atoms with van der Waals surface area (Å²) in [7, 11) is 0. The highest BCUT2D eigenvalue weighted by Gasteiger charge is 2.22. The topological polar surface area (TPSA) is 0 Å². The van der Waals surface area contributed by atoms with E-state index in [9.17, 15) is 0 Å². The lowest BCUT2D eigenvalue weighted by Gasteiger charge is -2.30. The van der Waals surface area contributed by atoms with Crippen molar-refractivity contribution in [3.63, 3.8) is 0 Å². The van der Waals surface area contributed by atoms with Crippen LogP contribution in [0.25, 0.3) is 0 Å². The first-order valence-electron chi connectivity index (χ1n) is 10.5. The maximum Gasteiger partial charge on any atom is -0.0354 e. The van der Waals surface area contributed by atoms with Crippen LogP contribution < -0.4 is 0 Å². The third-order valence-corrected chi connectivity index (χ3v) is 5.27. The molecule has 0 heteroatoms. The molecule has 0 saturated carbocycles. The number of unbranched alkanes of at least 4 members (excludes halogenated alkanes) is 11. The fourth-order valence-electron chi connectivity index (χ4n) is 3.59. The molecule has 0 heterocycles. The standard InChI is InChI=1S/C22H46/c1-6-8-9-10-11-12-13-14-15-16-17-18-20-21(19-7-2)22(3,4)5/h21H,6-20H2,1-5H3. The van der Waals surface area contributed by atoms with E-state index in [1.54, 1.807) is 0 Å². The molecule has 0 aliphatic rings. The second kappa shape index (κ2) is 14.6. The van der Waals surface area contributed by atoms with E-state index in [2.05, 4.69) is 34.6 Å². The predicted octanol–water partition coefficient (Wildman–Crippen LogP) is 8.54. The molecule has 0 amide bonds. The number of rotatable bonds is 15. The Balaban J connectivity index is 3.35.